The number of hydrogen-bond donors (Lipinski definition) is 0. The Labute approximate surface area is 132 Å². The monoisotopic (exact) mass is 306 g/mol. The van der Waals surface area contributed by atoms with E-state index in [9.17, 15) is 4.79 Å². The maximum Gasteiger partial charge on any atom is 0.234 e. The number of halogens is 1. The number of carbonyl (C=O) groups is 1. The van der Waals surface area contributed by atoms with Gasteiger partial charge in [-0.3, -0.25) is 14.7 Å². The number of amides is 1. The van der Waals surface area contributed by atoms with Gasteiger partial charge < -0.3 is 0 Å². The molecule has 3 nitrogen and oxygen atoms in total. The summed E-state index contributed by atoms with van der Waals surface area (Å²) in [5.41, 5.74) is 0.701. The summed E-state index contributed by atoms with van der Waals surface area (Å²) in [4.78, 5) is 19.0. The summed E-state index contributed by atoms with van der Waals surface area (Å²) in [6, 6.07) is 7.65. The van der Waals surface area contributed by atoms with E-state index in [0.29, 0.717) is 17.5 Å². The summed E-state index contributed by atoms with van der Waals surface area (Å²) in [6.07, 6.45) is 1.61. The zero-order valence-corrected chi connectivity index (χ0v) is 13.9. The van der Waals surface area contributed by atoms with Crippen LogP contribution >= 0.6 is 11.6 Å². The quantitative estimate of drug-likeness (QED) is 0.822. The van der Waals surface area contributed by atoms with E-state index in [1.54, 1.807) is 7.05 Å². The highest BCUT2D eigenvalue weighted by Crippen LogP contribution is 2.39. The van der Waals surface area contributed by atoms with Crippen molar-refractivity contribution in [2.45, 2.75) is 40.2 Å². The van der Waals surface area contributed by atoms with E-state index in [4.69, 9.17) is 11.6 Å². The molecule has 0 aromatic heterocycles. The third-order valence-electron chi connectivity index (χ3n) is 3.97. The van der Waals surface area contributed by atoms with Gasteiger partial charge in [0.15, 0.2) is 0 Å². The van der Waals surface area contributed by atoms with Crippen LogP contribution in [-0.4, -0.2) is 23.7 Å². The van der Waals surface area contributed by atoms with Crippen molar-refractivity contribution in [1.82, 2.24) is 4.90 Å². The first-order valence-corrected chi connectivity index (χ1v) is 7.75. The Kier molecular flexibility index (Phi) is 4.72. The van der Waals surface area contributed by atoms with Crippen molar-refractivity contribution in [3.8, 4) is 0 Å². The lowest BCUT2D eigenvalue weighted by atomic mass is 9.80. The normalized spacial score (nSPS) is 24.4. The van der Waals surface area contributed by atoms with Gasteiger partial charge >= 0.3 is 0 Å². The van der Waals surface area contributed by atoms with Crippen molar-refractivity contribution >= 4 is 23.3 Å². The van der Waals surface area contributed by atoms with Crippen molar-refractivity contribution in [3.05, 3.63) is 34.9 Å². The van der Waals surface area contributed by atoms with Crippen LogP contribution in [0.4, 0.5) is 0 Å². The number of aliphatic imine (C=N–C) groups is 1. The minimum absolute atomic E-state index is 0.178. The van der Waals surface area contributed by atoms with E-state index in [0.717, 1.165) is 24.2 Å². The molecule has 1 aliphatic rings. The molecule has 0 bridgehead atoms. The fraction of sp³-hybridized carbons (Fsp3) is 0.529. The highest BCUT2D eigenvalue weighted by Gasteiger charge is 2.46. The first-order chi connectivity index (χ1) is 9.85. The molecule has 0 aliphatic carbocycles. The number of nitrogens with zero attached hydrogens (tertiary/aromatic N) is 2. The predicted octanol–water partition coefficient (Wildman–Crippen LogP) is 4.15. The van der Waals surface area contributed by atoms with Crippen LogP contribution in [0.2, 0.25) is 5.02 Å². The van der Waals surface area contributed by atoms with Gasteiger partial charge in [-0.2, -0.15) is 0 Å². The molecule has 1 atom stereocenters. The average Bonchev–Trinajstić information content (AvgIpc) is 2.62. The third-order valence-corrected chi connectivity index (χ3v) is 4.20. The standard InChI is InChI=1S/C17H23ClN2O/c1-12(2)9-17(3)10-15(19-4)20(16(17)21)11-13-6-5-7-14(18)8-13/h5-8,12H,9-11H2,1-4H3/b19-15+. The summed E-state index contributed by atoms with van der Waals surface area (Å²) in [5, 5.41) is 0.694. The molecule has 1 saturated heterocycles. The zero-order chi connectivity index (χ0) is 15.6. The number of hydrogen-bond acceptors (Lipinski definition) is 2. The first kappa shape index (κ1) is 16.0. The molecular formula is C17H23ClN2O. The molecule has 21 heavy (non-hydrogen) atoms. The van der Waals surface area contributed by atoms with Crippen LogP contribution in [0.25, 0.3) is 0 Å². The Bertz CT molecular complexity index is 568. The largest absolute Gasteiger partial charge is 0.296 e. The summed E-state index contributed by atoms with van der Waals surface area (Å²) in [6.45, 7) is 6.90. The van der Waals surface area contributed by atoms with E-state index in [1.165, 1.54) is 0 Å². The molecular weight excluding hydrogens is 284 g/mol. The van der Waals surface area contributed by atoms with E-state index >= 15 is 0 Å². The lowest BCUT2D eigenvalue weighted by Crippen LogP contribution is -2.34. The maximum atomic E-state index is 12.8. The van der Waals surface area contributed by atoms with Crippen LogP contribution in [0.1, 0.15) is 39.2 Å². The van der Waals surface area contributed by atoms with Crippen molar-refractivity contribution in [2.24, 2.45) is 16.3 Å². The molecule has 1 unspecified atom stereocenters. The van der Waals surface area contributed by atoms with Crippen molar-refractivity contribution in [1.29, 1.82) is 0 Å². The highest BCUT2D eigenvalue weighted by atomic mass is 35.5. The Balaban J connectivity index is 2.24. The minimum Gasteiger partial charge on any atom is -0.296 e. The second-order valence-corrected chi connectivity index (χ2v) is 6.93. The van der Waals surface area contributed by atoms with Gasteiger partial charge in [0.25, 0.3) is 0 Å². The molecule has 0 saturated carbocycles. The predicted molar refractivity (Wildman–Crippen MR) is 87.5 cm³/mol. The van der Waals surface area contributed by atoms with Crippen LogP contribution in [0.3, 0.4) is 0 Å². The number of amidine groups is 1. The Morgan fingerprint density at radius 2 is 2.14 bits per heavy atom. The van der Waals surface area contributed by atoms with Gasteiger partial charge in [-0.25, -0.2) is 0 Å². The van der Waals surface area contributed by atoms with Crippen LogP contribution in [0.5, 0.6) is 0 Å². The summed E-state index contributed by atoms with van der Waals surface area (Å²) in [7, 11) is 1.76. The molecule has 0 spiro atoms. The molecule has 1 heterocycles. The number of likely N-dealkylation sites (tertiary alicyclic amines) is 1. The van der Waals surface area contributed by atoms with Gasteiger partial charge in [-0.05, 0) is 30.0 Å². The molecule has 4 heteroatoms. The lowest BCUT2D eigenvalue weighted by Gasteiger charge is -2.24. The molecule has 2 rings (SSSR count). The van der Waals surface area contributed by atoms with E-state index in [1.807, 2.05) is 29.2 Å². The summed E-state index contributed by atoms with van der Waals surface area (Å²) >= 11 is 6.03. The fourth-order valence-corrected chi connectivity index (χ4v) is 3.42. The molecule has 1 amide bonds. The SMILES string of the molecule is C/N=C1\CC(C)(CC(C)C)C(=O)N1Cc1cccc(Cl)c1. The average molecular weight is 307 g/mol. The molecule has 0 radical (unpaired) electrons. The zero-order valence-electron chi connectivity index (χ0n) is 13.2. The van der Waals surface area contributed by atoms with Crippen LogP contribution < -0.4 is 0 Å². The second-order valence-electron chi connectivity index (χ2n) is 6.50. The minimum atomic E-state index is -0.332. The Morgan fingerprint density at radius 1 is 1.43 bits per heavy atom. The molecule has 1 aliphatic heterocycles. The lowest BCUT2D eigenvalue weighted by molar-refractivity contribution is -0.135. The second kappa shape index (κ2) is 6.18. The summed E-state index contributed by atoms with van der Waals surface area (Å²) in [5.74, 6) is 1.54. The van der Waals surface area contributed by atoms with Crippen molar-refractivity contribution in [3.63, 3.8) is 0 Å². The number of rotatable bonds is 4. The number of benzene rings is 1. The van der Waals surface area contributed by atoms with Gasteiger partial charge in [0.05, 0.1) is 12.0 Å². The van der Waals surface area contributed by atoms with Crippen LogP contribution in [-0.2, 0) is 11.3 Å². The third kappa shape index (κ3) is 3.46. The molecule has 0 N–H and O–H groups in total. The summed E-state index contributed by atoms with van der Waals surface area (Å²) < 4.78 is 0. The van der Waals surface area contributed by atoms with Crippen LogP contribution in [0.15, 0.2) is 29.3 Å². The maximum absolute atomic E-state index is 12.8. The van der Waals surface area contributed by atoms with Gasteiger partial charge in [0.1, 0.15) is 5.84 Å². The van der Waals surface area contributed by atoms with Gasteiger partial charge in [-0.15, -0.1) is 0 Å². The Hall–Kier alpha value is -1.35. The molecule has 1 aromatic rings. The highest BCUT2D eigenvalue weighted by molar-refractivity contribution is 6.30. The number of carbonyl (C=O) groups excluding carboxylic acids is 1. The van der Waals surface area contributed by atoms with E-state index in [2.05, 4.69) is 25.8 Å². The molecule has 1 aromatic carbocycles. The topological polar surface area (TPSA) is 32.7 Å². The van der Waals surface area contributed by atoms with Crippen molar-refractivity contribution in [2.75, 3.05) is 7.05 Å². The van der Waals surface area contributed by atoms with Crippen LogP contribution in [0, 0.1) is 11.3 Å². The van der Waals surface area contributed by atoms with Gasteiger partial charge in [0, 0.05) is 18.5 Å². The Morgan fingerprint density at radius 3 is 2.71 bits per heavy atom. The first-order valence-electron chi connectivity index (χ1n) is 7.38. The molecule has 114 valence electrons. The smallest absolute Gasteiger partial charge is 0.234 e. The van der Waals surface area contributed by atoms with E-state index in [-0.39, 0.29) is 11.3 Å². The fourth-order valence-electron chi connectivity index (χ4n) is 3.20. The van der Waals surface area contributed by atoms with E-state index < -0.39 is 0 Å². The van der Waals surface area contributed by atoms with Gasteiger partial charge in [-0.1, -0.05) is 44.5 Å². The van der Waals surface area contributed by atoms with Gasteiger partial charge in [0.2, 0.25) is 5.91 Å². The molecule has 1 fully saturated rings. The van der Waals surface area contributed by atoms with Crippen molar-refractivity contribution < 1.29 is 4.79 Å².